The molecule has 0 aliphatic carbocycles. The van der Waals surface area contributed by atoms with E-state index in [1.54, 1.807) is 12.1 Å². The number of aromatic hydroxyl groups is 2. The zero-order chi connectivity index (χ0) is 19.0. The van der Waals surface area contributed by atoms with Gasteiger partial charge in [0.1, 0.15) is 0 Å². The summed E-state index contributed by atoms with van der Waals surface area (Å²) in [6.45, 7) is 0. The number of phenolic OH excluding ortho intramolecular Hbond substituents is 2. The maximum atomic E-state index is 10.4. The Morgan fingerprint density at radius 3 is 1.73 bits per heavy atom. The van der Waals surface area contributed by atoms with Gasteiger partial charge in [0.15, 0.2) is 11.5 Å². The van der Waals surface area contributed by atoms with E-state index < -0.39 is 5.92 Å². The van der Waals surface area contributed by atoms with Crippen LogP contribution in [-0.2, 0) is 0 Å². The molecular weight excluding hydrogens is 437 g/mol. The summed E-state index contributed by atoms with van der Waals surface area (Å²) in [5.41, 5.74) is 1.56. The third-order valence-electron chi connectivity index (χ3n) is 4.02. The summed E-state index contributed by atoms with van der Waals surface area (Å²) in [7, 11) is 0. The summed E-state index contributed by atoms with van der Waals surface area (Å²) in [5, 5.41) is 20.8. The Labute approximate surface area is 175 Å². The maximum Gasteiger partial charge on any atom is 0.161 e. The molecule has 0 fully saturated rings. The molecule has 0 heterocycles. The van der Waals surface area contributed by atoms with E-state index in [1.807, 2.05) is 30.3 Å². The first-order valence-corrected chi connectivity index (χ1v) is 9.30. The van der Waals surface area contributed by atoms with Crippen LogP contribution in [0.3, 0.4) is 0 Å². The normalized spacial score (nSPS) is 12.2. The lowest BCUT2D eigenvalue weighted by Crippen LogP contribution is -2.06. The molecule has 2 nitrogen and oxygen atoms in total. The van der Waals surface area contributed by atoms with Crippen molar-refractivity contribution in [1.29, 1.82) is 0 Å². The van der Waals surface area contributed by atoms with E-state index >= 15 is 0 Å². The highest BCUT2D eigenvalue weighted by Crippen LogP contribution is 2.51. The molecule has 0 saturated carbocycles. The van der Waals surface area contributed by atoms with Crippen LogP contribution in [0.1, 0.15) is 22.6 Å². The largest absolute Gasteiger partial charge is 0.504 e. The van der Waals surface area contributed by atoms with Crippen molar-refractivity contribution < 1.29 is 10.2 Å². The minimum atomic E-state index is -0.629. The lowest BCUT2D eigenvalue weighted by molar-refractivity contribution is 0.399. The van der Waals surface area contributed by atoms with Gasteiger partial charge < -0.3 is 10.2 Å². The molecule has 0 saturated heterocycles. The van der Waals surface area contributed by atoms with Crippen LogP contribution in [0.5, 0.6) is 11.5 Å². The Bertz CT molecular complexity index is 944. The van der Waals surface area contributed by atoms with Gasteiger partial charge >= 0.3 is 0 Å². The molecule has 26 heavy (non-hydrogen) atoms. The lowest BCUT2D eigenvalue weighted by Gasteiger charge is -2.24. The van der Waals surface area contributed by atoms with Crippen LogP contribution in [0.25, 0.3) is 0 Å². The Morgan fingerprint density at radius 1 is 0.615 bits per heavy atom. The third-order valence-corrected chi connectivity index (χ3v) is 6.33. The van der Waals surface area contributed by atoms with Crippen molar-refractivity contribution in [2.75, 3.05) is 0 Å². The number of rotatable bonds is 3. The summed E-state index contributed by atoms with van der Waals surface area (Å²) < 4.78 is 0. The fraction of sp³-hybridized carbons (Fsp3) is 0.0526. The minimum Gasteiger partial charge on any atom is -0.504 e. The molecule has 0 aliphatic heterocycles. The van der Waals surface area contributed by atoms with Crippen LogP contribution in [0.4, 0.5) is 0 Å². The third kappa shape index (κ3) is 3.33. The van der Waals surface area contributed by atoms with Crippen LogP contribution >= 0.6 is 58.0 Å². The van der Waals surface area contributed by atoms with Crippen molar-refractivity contribution in [3.8, 4) is 11.5 Å². The summed E-state index contributed by atoms with van der Waals surface area (Å²) in [6, 6.07) is 13.9. The maximum absolute atomic E-state index is 10.4. The number of hydrogen-bond donors (Lipinski definition) is 2. The fourth-order valence-corrected chi connectivity index (χ4v) is 4.18. The van der Waals surface area contributed by atoms with Crippen molar-refractivity contribution in [1.82, 2.24) is 0 Å². The Hall–Kier alpha value is -1.29. The minimum absolute atomic E-state index is 0.0547. The van der Waals surface area contributed by atoms with Gasteiger partial charge in [0, 0.05) is 17.0 Å². The van der Waals surface area contributed by atoms with Gasteiger partial charge in [0.05, 0.1) is 25.1 Å². The van der Waals surface area contributed by atoms with Gasteiger partial charge in [-0.2, -0.15) is 0 Å². The first-order valence-electron chi connectivity index (χ1n) is 7.41. The molecule has 0 spiro atoms. The summed E-state index contributed by atoms with van der Waals surface area (Å²) in [6.07, 6.45) is 0. The van der Waals surface area contributed by atoms with Gasteiger partial charge in [-0.1, -0.05) is 100 Å². The predicted octanol–water partition coefficient (Wildman–Crippen LogP) is 7.55. The molecule has 3 rings (SSSR count). The molecule has 3 aromatic carbocycles. The molecular formula is C19H11Cl5O2. The van der Waals surface area contributed by atoms with Gasteiger partial charge in [-0.25, -0.2) is 0 Å². The van der Waals surface area contributed by atoms with Crippen molar-refractivity contribution >= 4 is 58.0 Å². The molecule has 1 atom stereocenters. The van der Waals surface area contributed by atoms with E-state index in [9.17, 15) is 10.2 Å². The molecule has 1 unspecified atom stereocenters. The molecule has 0 radical (unpaired) electrons. The van der Waals surface area contributed by atoms with Crippen molar-refractivity contribution in [3.05, 3.63) is 90.3 Å². The van der Waals surface area contributed by atoms with Crippen molar-refractivity contribution in [2.45, 2.75) is 5.92 Å². The van der Waals surface area contributed by atoms with E-state index in [0.29, 0.717) is 11.1 Å². The lowest BCUT2D eigenvalue weighted by atomic mass is 9.84. The monoisotopic (exact) mass is 446 g/mol. The smallest absolute Gasteiger partial charge is 0.161 e. The second-order valence-electron chi connectivity index (χ2n) is 5.54. The van der Waals surface area contributed by atoms with Gasteiger partial charge in [0.2, 0.25) is 0 Å². The topological polar surface area (TPSA) is 40.5 Å². The molecule has 2 N–H and O–H groups in total. The van der Waals surface area contributed by atoms with Gasteiger partial charge in [-0.3, -0.25) is 0 Å². The zero-order valence-corrected chi connectivity index (χ0v) is 16.8. The number of phenols is 2. The molecule has 0 aromatic heterocycles. The van der Waals surface area contributed by atoms with Crippen LogP contribution < -0.4 is 0 Å². The number of para-hydroxylation sites is 1. The molecule has 7 heteroatoms. The van der Waals surface area contributed by atoms with E-state index in [4.69, 9.17) is 58.0 Å². The van der Waals surface area contributed by atoms with Crippen molar-refractivity contribution in [2.24, 2.45) is 0 Å². The van der Waals surface area contributed by atoms with Crippen LogP contribution in [0.15, 0.2) is 48.5 Å². The SMILES string of the molecule is Oc1cccc(C(c2ccccc2)c2c(Cl)c(Cl)c(Cl)c(Cl)c2Cl)c1O. The average Bonchev–Trinajstić information content (AvgIpc) is 2.65. The van der Waals surface area contributed by atoms with E-state index in [2.05, 4.69) is 0 Å². The van der Waals surface area contributed by atoms with E-state index in [0.717, 1.165) is 5.56 Å². The van der Waals surface area contributed by atoms with Gasteiger partial charge in [-0.05, 0) is 11.6 Å². The average molecular weight is 449 g/mol. The summed E-state index contributed by atoms with van der Waals surface area (Å²) >= 11 is 31.5. The predicted molar refractivity (Wildman–Crippen MR) is 109 cm³/mol. The highest BCUT2D eigenvalue weighted by molar-refractivity contribution is 6.55. The number of hydrogen-bond acceptors (Lipinski definition) is 2. The van der Waals surface area contributed by atoms with E-state index in [-0.39, 0.29) is 36.6 Å². The molecule has 0 bridgehead atoms. The Morgan fingerprint density at radius 2 is 1.15 bits per heavy atom. The number of benzene rings is 3. The second-order valence-corrected chi connectivity index (χ2v) is 7.43. The Balaban J connectivity index is 2.39. The van der Waals surface area contributed by atoms with Gasteiger partial charge in [-0.15, -0.1) is 0 Å². The first kappa shape index (κ1) is 19.5. The quantitative estimate of drug-likeness (QED) is 0.188. The summed E-state index contributed by atoms with van der Waals surface area (Å²) in [5.74, 6) is -1.17. The highest BCUT2D eigenvalue weighted by Gasteiger charge is 2.29. The standard InChI is InChI=1S/C19H11Cl5O2/c20-14-13(15(21)17(23)18(24)16(14)22)12(9-5-2-1-3-6-9)10-7-4-8-11(25)19(10)26/h1-8,12,25-26H. The Kier molecular flexibility index (Phi) is 5.81. The van der Waals surface area contributed by atoms with Crippen molar-refractivity contribution in [3.63, 3.8) is 0 Å². The molecule has 0 amide bonds. The first-order chi connectivity index (χ1) is 12.3. The highest BCUT2D eigenvalue weighted by atomic mass is 35.5. The van der Waals surface area contributed by atoms with Crippen LogP contribution in [0.2, 0.25) is 25.1 Å². The van der Waals surface area contributed by atoms with Crippen LogP contribution in [0, 0.1) is 0 Å². The fourth-order valence-electron chi connectivity index (χ4n) is 2.80. The van der Waals surface area contributed by atoms with Crippen LogP contribution in [-0.4, -0.2) is 10.2 Å². The van der Waals surface area contributed by atoms with Gasteiger partial charge in [0.25, 0.3) is 0 Å². The molecule has 134 valence electrons. The number of halogens is 5. The van der Waals surface area contributed by atoms with E-state index in [1.165, 1.54) is 6.07 Å². The zero-order valence-electron chi connectivity index (χ0n) is 13.0. The molecule has 3 aromatic rings. The molecule has 0 aliphatic rings. The summed E-state index contributed by atoms with van der Waals surface area (Å²) in [4.78, 5) is 0. The second kappa shape index (κ2) is 7.75.